The Balaban J connectivity index is -0.000000180. The van der Waals surface area contributed by atoms with Crippen molar-refractivity contribution in [2.45, 2.75) is 33.1 Å². The number of hydrogen-bond donors (Lipinski definition) is 0. The molecule has 0 aromatic rings. The summed E-state index contributed by atoms with van der Waals surface area (Å²) in [6.07, 6.45) is 3.93. The zero-order chi connectivity index (χ0) is 5.70. The third kappa shape index (κ3) is 17.6. The minimum Gasteiger partial charge on any atom is -1.00 e. The fourth-order valence-corrected chi connectivity index (χ4v) is 0.553. The van der Waals surface area contributed by atoms with Crippen LogP contribution in [0.4, 0.5) is 0 Å². The molecule has 0 saturated carbocycles. The van der Waals surface area contributed by atoms with Crippen molar-refractivity contribution in [1.82, 2.24) is 0 Å². The minimum absolute atomic E-state index is 0. The Kier molecular flexibility index (Phi) is 21.7. The summed E-state index contributed by atoms with van der Waals surface area (Å²) >= 11 is 0. The SMILES string of the molecule is [CH2-][C@@H](C)CCCC.[Cl-].[Mg+2]. The predicted octanol–water partition coefficient (Wildman–Crippen LogP) is -0.730. The molecule has 0 bridgehead atoms. The average molecular weight is 159 g/mol. The Labute approximate surface area is 81.4 Å². The Bertz CT molecular complexity index is 37.9. The van der Waals surface area contributed by atoms with E-state index in [0.717, 1.165) is 0 Å². The van der Waals surface area contributed by atoms with Gasteiger partial charge in [-0.3, -0.25) is 0 Å². The standard InChI is InChI=1S/C7H15.ClH.Mg/c1-4-5-6-7(2)3;;/h7H,2,4-6H2,1,3H3;1H;/q-1;;+2/p-1/t7-;;/m0../s1. The molecule has 0 unspecified atom stereocenters. The Morgan fingerprint density at radius 2 is 1.89 bits per heavy atom. The molecule has 0 N–H and O–H groups in total. The maximum absolute atomic E-state index is 3.88. The van der Waals surface area contributed by atoms with Crippen molar-refractivity contribution in [2.75, 3.05) is 0 Å². The van der Waals surface area contributed by atoms with Crippen LogP contribution < -0.4 is 12.4 Å². The van der Waals surface area contributed by atoms with Crippen LogP contribution in [0.3, 0.4) is 0 Å². The fraction of sp³-hybridized carbons (Fsp3) is 0.857. The number of halogens is 1. The van der Waals surface area contributed by atoms with E-state index in [4.69, 9.17) is 0 Å². The van der Waals surface area contributed by atoms with E-state index >= 15 is 0 Å². The summed E-state index contributed by atoms with van der Waals surface area (Å²) in [6.45, 7) is 8.25. The van der Waals surface area contributed by atoms with E-state index in [1.54, 1.807) is 0 Å². The van der Waals surface area contributed by atoms with E-state index in [1.165, 1.54) is 19.3 Å². The largest absolute Gasteiger partial charge is 2.00 e. The van der Waals surface area contributed by atoms with Crippen molar-refractivity contribution in [3.63, 3.8) is 0 Å². The smallest absolute Gasteiger partial charge is 1.00 e. The van der Waals surface area contributed by atoms with Gasteiger partial charge in [0.1, 0.15) is 0 Å². The topological polar surface area (TPSA) is 0 Å². The Morgan fingerprint density at radius 3 is 2.00 bits per heavy atom. The molecule has 0 heterocycles. The number of rotatable bonds is 3. The second-order valence-corrected chi connectivity index (χ2v) is 2.25. The van der Waals surface area contributed by atoms with Crippen molar-refractivity contribution in [3.05, 3.63) is 6.92 Å². The molecule has 1 atom stereocenters. The molecular formula is C7H15ClMg. The third-order valence-corrected chi connectivity index (χ3v) is 1.05. The Hall–Kier alpha value is 1.06. The summed E-state index contributed by atoms with van der Waals surface area (Å²) in [5, 5.41) is 0. The van der Waals surface area contributed by atoms with Crippen molar-refractivity contribution in [1.29, 1.82) is 0 Å². The zero-order valence-corrected chi connectivity index (χ0v) is 8.66. The average Bonchev–Trinajstić information content (AvgIpc) is 1.61. The summed E-state index contributed by atoms with van der Waals surface area (Å²) in [6, 6.07) is 0. The van der Waals surface area contributed by atoms with Gasteiger partial charge in [-0.25, -0.2) is 0 Å². The van der Waals surface area contributed by atoms with Gasteiger partial charge in [-0.1, -0.05) is 33.1 Å². The third-order valence-electron chi connectivity index (χ3n) is 1.05. The van der Waals surface area contributed by atoms with Crippen molar-refractivity contribution in [3.8, 4) is 0 Å². The van der Waals surface area contributed by atoms with Crippen LogP contribution in [0, 0.1) is 12.8 Å². The molecule has 0 amide bonds. The molecule has 0 fully saturated rings. The number of unbranched alkanes of at least 4 members (excludes halogenated alkanes) is 1. The van der Waals surface area contributed by atoms with Crippen LogP contribution in [0.15, 0.2) is 0 Å². The van der Waals surface area contributed by atoms with Gasteiger partial charge in [0.15, 0.2) is 0 Å². The molecule has 0 rings (SSSR count). The minimum atomic E-state index is 0. The van der Waals surface area contributed by atoms with E-state index in [9.17, 15) is 0 Å². The molecule has 9 heavy (non-hydrogen) atoms. The predicted molar refractivity (Wildman–Crippen MR) is 39.8 cm³/mol. The molecule has 2 heteroatoms. The number of hydrogen-bond acceptors (Lipinski definition) is 0. The van der Waals surface area contributed by atoms with Gasteiger partial charge >= 0.3 is 23.1 Å². The quantitative estimate of drug-likeness (QED) is 0.376. The van der Waals surface area contributed by atoms with Crippen molar-refractivity contribution >= 4 is 23.1 Å². The Morgan fingerprint density at radius 1 is 1.44 bits per heavy atom. The summed E-state index contributed by atoms with van der Waals surface area (Å²) in [4.78, 5) is 0. The van der Waals surface area contributed by atoms with E-state index in [1.807, 2.05) is 0 Å². The zero-order valence-electron chi connectivity index (χ0n) is 6.49. The van der Waals surface area contributed by atoms with Gasteiger partial charge in [0, 0.05) is 0 Å². The van der Waals surface area contributed by atoms with Gasteiger partial charge in [-0.2, -0.15) is 5.92 Å². The molecule has 0 radical (unpaired) electrons. The van der Waals surface area contributed by atoms with Crippen LogP contribution >= 0.6 is 0 Å². The van der Waals surface area contributed by atoms with E-state index in [2.05, 4.69) is 20.8 Å². The van der Waals surface area contributed by atoms with E-state index in [0.29, 0.717) is 5.92 Å². The molecular weight excluding hydrogens is 144 g/mol. The molecule has 0 aromatic carbocycles. The second kappa shape index (κ2) is 11.8. The van der Waals surface area contributed by atoms with Crippen LogP contribution in [0.5, 0.6) is 0 Å². The normalized spacial score (nSPS) is 11.0. The van der Waals surface area contributed by atoms with Crippen LogP contribution in [0.25, 0.3) is 0 Å². The summed E-state index contributed by atoms with van der Waals surface area (Å²) in [5.74, 6) is 0.653. The van der Waals surface area contributed by atoms with Gasteiger partial charge in [0.25, 0.3) is 0 Å². The second-order valence-electron chi connectivity index (χ2n) is 2.25. The fourth-order valence-electron chi connectivity index (χ4n) is 0.553. The molecule has 0 nitrogen and oxygen atoms in total. The van der Waals surface area contributed by atoms with Gasteiger partial charge < -0.3 is 19.3 Å². The molecule has 0 aliphatic carbocycles. The van der Waals surface area contributed by atoms with Gasteiger partial charge in [0.05, 0.1) is 0 Å². The maximum Gasteiger partial charge on any atom is 2.00 e. The van der Waals surface area contributed by atoms with Crippen molar-refractivity contribution in [2.24, 2.45) is 5.92 Å². The van der Waals surface area contributed by atoms with Crippen molar-refractivity contribution < 1.29 is 12.4 Å². The van der Waals surface area contributed by atoms with E-state index < -0.39 is 0 Å². The maximum atomic E-state index is 3.88. The first-order valence-corrected chi connectivity index (χ1v) is 3.10. The molecule has 0 aliphatic heterocycles. The van der Waals surface area contributed by atoms with Crippen LogP contribution in [-0.2, 0) is 0 Å². The molecule has 0 spiro atoms. The van der Waals surface area contributed by atoms with Crippen LogP contribution in [0.2, 0.25) is 0 Å². The summed E-state index contributed by atoms with van der Waals surface area (Å²) in [7, 11) is 0. The molecule has 0 aliphatic rings. The first-order valence-electron chi connectivity index (χ1n) is 3.10. The molecule has 0 aromatic heterocycles. The van der Waals surface area contributed by atoms with Gasteiger partial charge in [0.2, 0.25) is 0 Å². The molecule has 0 saturated heterocycles. The summed E-state index contributed by atoms with van der Waals surface area (Å²) in [5.41, 5.74) is 0. The monoisotopic (exact) mass is 158 g/mol. The van der Waals surface area contributed by atoms with Crippen LogP contribution in [-0.4, -0.2) is 23.1 Å². The van der Waals surface area contributed by atoms with Gasteiger partial charge in [-0.15, -0.1) is 0 Å². The first kappa shape index (κ1) is 16.6. The van der Waals surface area contributed by atoms with Gasteiger partial charge in [-0.05, 0) is 0 Å². The molecule has 52 valence electrons. The summed E-state index contributed by atoms with van der Waals surface area (Å²) < 4.78 is 0. The van der Waals surface area contributed by atoms with E-state index in [-0.39, 0.29) is 35.5 Å². The first-order chi connectivity index (χ1) is 3.27. The van der Waals surface area contributed by atoms with Crippen LogP contribution in [0.1, 0.15) is 33.1 Å².